The van der Waals surface area contributed by atoms with E-state index in [1.54, 1.807) is 0 Å². The molecule has 1 rings (SSSR count). The Bertz CT molecular complexity index is 291. The van der Waals surface area contributed by atoms with Crippen molar-refractivity contribution in [1.29, 1.82) is 5.26 Å². The van der Waals surface area contributed by atoms with Crippen molar-refractivity contribution in [3.8, 4) is 11.3 Å². The molecule has 0 aliphatic heterocycles. The van der Waals surface area contributed by atoms with Gasteiger partial charge in [-0.15, -0.1) is 0 Å². The summed E-state index contributed by atoms with van der Waals surface area (Å²) < 4.78 is 5.04. The first-order valence-electron chi connectivity index (χ1n) is 2.97. The summed E-state index contributed by atoms with van der Waals surface area (Å²) in [7, 11) is 0. The Morgan fingerprint density at radius 1 is 1.82 bits per heavy atom. The van der Waals surface area contributed by atoms with E-state index in [0.717, 1.165) is 11.3 Å². The summed E-state index contributed by atoms with van der Waals surface area (Å²) in [4.78, 5) is 4.21. The summed E-state index contributed by atoms with van der Waals surface area (Å²) in [5, 5.41) is 9.16. The van der Waals surface area contributed by atoms with Gasteiger partial charge in [-0.1, -0.05) is 22.9 Å². The van der Waals surface area contributed by atoms with Crippen LogP contribution in [0, 0.1) is 11.3 Å². The lowest BCUT2D eigenvalue weighted by Gasteiger charge is -1.92. The van der Waals surface area contributed by atoms with Crippen LogP contribution < -0.4 is 4.74 Å². The van der Waals surface area contributed by atoms with E-state index in [1.807, 2.05) is 13.0 Å². The second-order valence-electron chi connectivity index (χ2n) is 1.64. The third-order valence-corrected chi connectivity index (χ3v) is 2.19. The van der Waals surface area contributed by atoms with Gasteiger partial charge in [0.2, 0.25) is 0 Å². The molecule has 0 unspecified atom stereocenters. The van der Waals surface area contributed by atoms with Gasteiger partial charge in [-0.3, -0.25) is 0 Å². The van der Waals surface area contributed by atoms with Crippen molar-refractivity contribution in [2.24, 2.45) is 0 Å². The standard InChI is InChI=1S/C6H5ClN2OS/c1-2-10-6-9-5(7)4(3-8)11-6/h2H2,1H3. The molecule has 0 fully saturated rings. The molecule has 0 saturated heterocycles. The number of ether oxygens (including phenoxy) is 1. The van der Waals surface area contributed by atoms with Gasteiger partial charge in [-0.25, -0.2) is 0 Å². The van der Waals surface area contributed by atoms with E-state index in [4.69, 9.17) is 21.6 Å². The van der Waals surface area contributed by atoms with Crippen molar-refractivity contribution in [3.05, 3.63) is 10.0 Å². The van der Waals surface area contributed by atoms with Crippen LogP contribution in [0.15, 0.2) is 0 Å². The summed E-state index contributed by atoms with van der Waals surface area (Å²) in [5.41, 5.74) is 0. The van der Waals surface area contributed by atoms with Gasteiger partial charge >= 0.3 is 0 Å². The summed E-state index contributed by atoms with van der Waals surface area (Å²) in [6.45, 7) is 2.38. The van der Waals surface area contributed by atoms with Crippen LogP contribution in [-0.2, 0) is 0 Å². The van der Waals surface area contributed by atoms with E-state index in [9.17, 15) is 0 Å². The molecular formula is C6H5ClN2OS. The molecule has 0 aromatic carbocycles. The fourth-order valence-electron chi connectivity index (χ4n) is 0.537. The maximum atomic E-state index is 8.48. The Kier molecular flexibility index (Phi) is 2.69. The molecule has 1 aromatic heterocycles. The molecule has 58 valence electrons. The van der Waals surface area contributed by atoms with Crippen LogP contribution in [0.5, 0.6) is 5.19 Å². The number of halogens is 1. The molecule has 0 bridgehead atoms. The molecule has 0 spiro atoms. The highest BCUT2D eigenvalue weighted by molar-refractivity contribution is 7.14. The van der Waals surface area contributed by atoms with E-state index >= 15 is 0 Å². The van der Waals surface area contributed by atoms with Gasteiger partial charge in [-0.05, 0) is 6.92 Å². The predicted molar refractivity (Wildman–Crippen MR) is 43.0 cm³/mol. The van der Waals surface area contributed by atoms with Gasteiger partial charge in [0.25, 0.3) is 5.19 Å². The lowest BCUT2D eigenvalue weighted by atomic mass is 10.6. The van der Waals surface area contributed by atoms with E-state index in [-0.39, 0.29) is 5.15 Å². The van der Waals surface area contributed by atoms with Crippen LogP contribution in [0.2, 0.25) is 5.15 Å². The first-order chi connectivity index (χ1) is 5.27. The number of hydrogen-bond acceptors (Lipinski definition) is 4. The SMILES string of the molecule is CCOc1nc(Cl)c(C#N)s1. The van der Waals surface area contributed by atoms with E-state index in [2.05, 4.69) is 4.98 Å². The van der Waals surface area contributed by atoms with Gasteiger partial charge in [-0.2, -0.15) is 10.2 Å². The second-order valence-corrected chi connectivity index (χ2v) is 2.96. The van der Waals surface area contributed by atoms with Crippen molar-refractivity contribution in [1.82, 2.24) is 4.98 Å². The quantitative estimate of drug-likeness (QED) is 0.714. The summed E-state index contributed by atoms with van der Waals surface area (Å²) >= 11 is 6.74. The number of hydrogen-bond donors (Lipinski definition) is 0. The topological polar surface area (TPSA) is 45.9 Å². The van der Waals surface area contributed by atoms with Gasteiger partial charge in [0.1, 0.15) is 10.9 Å². The minimum Gasteiger partial charge on any atom is -0.470 e. The van der Waals surface area contributed by atoms with Crippen molar-refractivity contribution >= 4 is 22.9 Å². The number of thiazole rings is 1. The molecule has 0 aliphatic rings. The van der Waals surface area contributed by atoms with E-state index in [0.29, 0.717) is 16.7 Å². The number of rotatable bonds is 2. The van der Waals surface area contributed by atoms with Gasteiger partial charge in [0.15, 0.2) is 5.15 Å². The predicted octanol–water partition coefficient (Wildman–Crippen LogP) is 2.07. The van der Waals surface area contributed by atoms with Crippen LogP contribution in [0.1, 0.15) is 11.8 Å². The zero-order chi connectivity index (χ0) is 8.27. The first-order valence-corrected chi connectivity index (χ1v) is 4.16. The fraction of sp³-hybridized carbons (Fsp3) is 0.333. The van der Waals surface area contributed by atoms with Crippen LogP contribution in [0.3, 0.4) is 0 Å². The average Bonchev–Trinajstić information content (AvgIpc) is 2.32. The molecule has 11 heavy (non-hydrogen) atoms. The molecule has 0 radical (unpaired) electrons. The maximum absolute atomic E-state index is 8.48. The Morgan fingerprint density at radius 2 is 2.55 bits per heavy atom. The minimum atomic E-state index is 0.223. The maximum Gasteiger partial charge on any atom is 0.275 e. The van der Waals surface area contributed by atoms with E-state index in [1.165, 1.54) is 0 Å². The van der Waals surface area contributed by atoms with Crippen molar-refractivity contribution in [2.45, 2.75) is 6.92 Å². The smallest absolute Gasteiger partial charge is 0.275 e. The third kappa shape index (κ3) is 1.82. The molecule has 1 heterocycles. The number of nitriles is 1. The van der Waals surface area contributed by atoms with Gasteiger partial charge in [0, 0.05) is 0 Å². The van der Waals surface area contributed by atoms with Gasteiger partial charge < -0.3 is 4.74 Å². The second kappa shape index (κ2) is 3.56. The lowest BCUT2D eigenvalue weighted by Crippen LogP contribution is -1.88. The highest BCUT2D eigenvalue weighted by atomic mass is 35.5. The fourth-order valence-corrected chi connectivity index (χ4v) is 1.49. The normalized spacial score (nSPS) is 9.18. The Morgan fingerprint density at radius 3 is 3.00 bits per heavy atom. The minimum absolute atomic E-state index is 0.223. The number of nitrogens with zero attached hydrogens (tertiary/aromatic N) is 2. The summed E-state index contributed by atoms with van der Waals surface area (Å²) in [6.07, 6.45) is 0. The number of aromatic nitrogens is 1. The zero-order valence-electron chi connectivity index (χ0n) is 5.80. The largest absolute Gasteiger partial charge is 0.470 e. The molecule has 1 aromatic rings. The monoisotopic (exact) mass is 188 g/mol. The van der Waals surface area contributed by atoms with E-state index < -0.39 is 0 Å². The summed E-state index contributed by atoms with van der Waals surface area (Å²) in [5.74, 6) is 0. The van der Waals surface area contributed by atoms with Crippen LogP contribution in [0.4, 0.5) is 0 Å². The highest BCUT2D eigenvalue weighted by Gasteiger charge is 2.08. The molecule has 0 atom stereocenters. The molecule has 5 heteroatoms. The lowest BCUT2D eigenvalue weighted by molar-refractivity contribution is 0.338. The Hall–Kier alpha value is -0.790. The molecular weight excluding hydrogens is 184 g/mol. The molecule has 0 aliphatic carbocycles. The van der Waals surface area contributed by atoms with Crippen molar-refractivity contribution in [3.63, 3.8) is 0 Å². The Balaban J connectivity index is 2.89. The third-order valence-electron chi connectivity index (χ3n) is 0.936. The molecule has 0 N–H and O–H groups in total. The highest BCUT2D eigenvalue weighted by Crippen LogP contribution is 2.27. The molecule has 3 nitrogen and oxygen atoms in total. The van der Waals surface area contributed by atoms with Crippen LogP contribution >= 0.6 is 22.9 Å². The van der Waals surface area contributed by atoms with Gasteiger partial charge in [0.05, 0.1) is 6.61 Å². The average molecular weight is 189 g/mol. The van der Waals surface area contributed by atoms with Crippen molar-refractivity contribution < 1.29 is 4.74 Å². The van der Waals surface area contributed by atoms with Crippen LogP contribution in [0.25, 0.3) is 0 Å². The Labute approximate surface area is 73.2 Å². The molecule has 0 amide bonds. The first kappa shape index (κ1) is 8.31. The van der Waals surface area contributed by atoms with Crippen LogP contribution in [-0.4, -0.2) is 11.6 Å². The summed E-state index contributed by atoms with van der Waals surface area (Å²) in [6, 6.07) is 1.92. The van der Waals surface area contributed by atoms with Crippen molar-refractivity contribution in [2.75, 3.05) is 6.61 Å². The molecule has 0 saturated carbocycles. The zero-order valence-corrected chi connectivity index (χ0v) is 7.37.